The number of aromatic nitrogens is 3. The Morgan fingerprint density at radius 2 is 2.22 bits per heavy atom. The lowest BCUT2D eigenvalue weighted by molar-refractivity contribution is -0.117. The van der Waals surface area contributed by atoms with Gasteiger partial charge in [-0.25, -0.2) is 9.97 Å². The first-order valence-electron chi connectivity index (χ1n) is 8.22. The van der Waals surface area contributed by atoms with E-state index in [1.807, 2.05) is 5.38 Å². The molecule has 0 fully saturated rings. The van der Waals surface area contributed by atoms with E-state index in [0.717, 1.165) is 23.5 Å². The molecule has 3 aromatic heterocycles. The highest BCUT2D eigenvalue weighted by atomic mass is 32.1. The van der Waals surface area contributed by atoms with Crippen molar-refractivity contribution >= 4 is 44.8 Å². The van der Waals surface area contributed by atoms with Gasteiger partial charge in [-0.05, 0) is 6.92 Å². The van der Waals surface area contributed by atoms with Gasteiger partial charge < -0.3 is 9.84 Å². The van der Waals surface area contributed by atoms with E-state index in [1.54, 1.807) is 19.2 Å². The lowest BCUT2D eigenvalue weighted by atomic mass is 10.2. The quantitative estimate of drug-likeness (QED) is 0.670. The van der Waals surface area contributed by atoms with Crippen LogP contribution in [0.1, 0.15) is 26.8 Å². The number of nitrogens with zero attached hydrogens (tertiary/aromatic N) is 4. The van der Waals surface area contributed by atoms with E-state index in [0.29, 0.717) is 22.6 Å². The summed E-state index contributed by atoms with van der Waals surface area (Å²) in [6.07, 6.45) is 2.39. The predicted octanol–water partition coefficient (Wildman–Crippen LogP) is 2.15. The van der Waals surface area contributed by atoms with E-state index in [-0.39, 0.29) is 24.1 Å². The Morgan fingerprint density at radius 3 is 2.96 bits per heavy atom. The molecule has 1 aliphatic rings. The van der Waals surface area contributed by atoms with Gasteiger partial charge in [0.1, 0.15) is 5.76 Å². The van der Waals surface area contributed by atoms with Crippen LogP contribution in [-0.2, 0) is 17.8 Å². The second-order valence-corrected chi connectivity index (χ2v) is 7.99. The molecule has 0 atom stereocenters. The Hall–Kier alpha value is -2.63. The van der Waals surface area contributed by atoms with Crippen LogP contribution in [0.5, 0.6) is 0 Å². The molecule has 9 nitrogen and oxygen atoms in total. The monoisotopic (exact) mass is 404 g/mol. The summed E-state index contributed by atoms with van der Waals surface area (Å²) in [5.41, 5.74) is 1.18. The van der Waals surface area contributed by atoms with Gasteiger partial charge in [0.25, 0.3) is 5.91 Å². The Kier molecular flexibility index (Phi) is 4.97. The maximum atomic E-state index is 12.2. The minimum Gasteiger partial charge on any atom is -0.361 e. The molecule has 3 aromatic rings. The van der Waals surface area contributed by atoms with E-state index in [1.165, 1.54) is 22.7 Å². The lowest BCUT2D eigenvalue weighted by Gasteiger charge is -2.24. The van der Waals surface area contributed by atoms with Crippen molar-refractivity contribution in [2.75, 3.05) is 23.7 Å². The van der Waals surface area contributed by atoms with Crippen molar-refractivity contribution in [1.29, 1.82) is 0 Å². The molecule has 0 unspecified atom stereocenters. The fourth-order valence-electron chi connectivity index (χ4n) is 2.72. The van der Waals surface area contributed by atoms with Crippen LogP contribution in [0.4, 0.5) is 10.3 Å². The molecule has 0 bridgehead atoms. The minimum atomic E-state index is -0.349. The summed E-state index contributed by atoms with van der Waals surface area (Å²) in [6, 6.07) is 1.58. The largest absolute Gasteiger partial charge is 0.361 e. The number of carbonyl (C=O) groups is 2. The third-order valence-electron chi connectivity index (χ3n) is 3.94. The number of nitrogens with one attached hydrogen (secondary N) is 2. The minimum absolute atomic E-state index is 0.0900. The van der Waals surface area contributed by atoms with Gasteiger partial charge >= 0.3 is 0 Å². The summed E-state index contributed by atoms with van der Waals surface area (Å²) in [7, 11) is 0. The fraction of sp³-hybridized carbons (Fsp3) is 0.312. The standard InChI is InChI=1S/C16H16N6O3S2/c1-9-6-11(21-25-9)14(24)20-16-18-10-2-4-22(7-12(10)27-16)8-13(23)19-15-17-3-5-26-15/h3,5-6H,2,4,7-8H2,1H3,(H,17,19,23)(H,18,20,24). The van der Waals surface area contributed by atoms with Crippen molar-refractivity contribution in [1.82, 2.24) is 20.0 Å². The predicted molar refractivity (Wildman–Crippen MR) is 101 cm³/mol. The molecule has 0 aliphatic carbocycles. The number of amides is 2. The lowest BCUT2D eigenvalue weighted by Crippen LogP contribution is -2.36. The summed E-state index contributed by atoms with van der Waals surface area (Å²) in [5.74, 6) is 0.135. The van der Waals surface area contributed by atoms with Crippen molar-refractivity contribution in [3.05, 3.63) is 39.7 Å². The van der Waals surface area contributed by atoms with Crippen LogP contribution >= 0.6 is 22.7 Å². The van der Waals surface area contributed by atoms with Gasteiger partial charge in [0.15, 0.2) is 16.0 Å². The summed E-state index contributed by atoms with van der Waals surface area (Å²) < 4.78 is 4.92. The molecular weight excluding hydrogens is 388 g/mol. The van der Waals surface area contributed by atoms with E-state index >= 15 is 0 Å². The summed E-state index contributed by atoms with van der Waals surface area (Å²) in [4.78, 5) is 35.9. The van der Waals surface area contributed by atoms with Gasteiger partial charge in [0.05, 0.1) is 12.2 Å². The number of thiazole rings is 2. The average molecular weight is 404 g/mol. The Morgan fingerprint density at radius 1 is 1.33 bits per heavy atom. The summed E-state index contributed by atoms with van der Waals surface area (Å²) in [6.45, 7) is 3.37. The molecule has 0 saturated carbocycles. The number of fused-ring (bicyclic) bond motifs is 1. The number of carbonyl (C=O) groups excluding carboxylic acids is 2. The molecule has 4 rings (SSSR count). The molecule has 11 heteroatoms. The molecule has 0 radical (unpaired) electrons. The zero-order valence-electron chi connectivity index (χ0n) is 14.4. The van der Waals surface area contributed by atoms with Crippen LogP contribution in [0.15, 0.2) is 22.2 Å². The van der Waals surface area contributed by atoms with E-state index in [4.69, 9.17) is 4.52 Å². The maximum Gasteiger partial charge on any atom is 0.279 e. The fourth-order valence-corrected chi connectivity index (χ4v) is 4.31. The maximum absolute atomic E-state index is 12.2. The molecule has 2 amide bonds. The molecule has 0 spiro atoms. The van der Waals surface area contributed by atoms with Crippen molar-refractivity contribution in [3.8, 4) is 0 Å². The number of aryl methyl sites for hydroxylation is 1. The zero-order chi connectivity index (χ0) is 18.8. The van der Waals surface area contributed by atoms with Crippen molar-refractivity contribution in [3.63, 3.8) is 0 Å². The zero-order valence-corrected chi connectivity index (χ0v) is 16.0. The topological polar surface area (TPSA) is 113 Å². The van der Waals surface area contributed by atoms with Crippen LogP contribution in [-0.4, -0.2) is 44.9 Å². The molecule has 1 aliphatic heterocycles. The molecule has 2 N–H and O–H groups in total. The highest BCUT2D eigenvalue weighted by Gasteiger charge is 2.23. The average Bonchev–Trinajstić information content (AvgIpc) is 3.35. The number of hydrogen-bond donors (Lipinski definition) is 2. The third kappa shape index (κ3) is 4.21. The first-order chi connectivity index (χ1) is 13.1. The van der Waals surface area contributed by atoms with E-state index in [2.05, 4.69) is 30.7 Å². The first kappa shape index (κ1) is 17.8. The van der Waals surface area contributed by atoms with Gasteiger partial charge in [-0.3, -0.25) is 19.8 Å². The van der Waals surface area contributed by atoms with Gasteiger partial charge in [-0.15, -0.1) is 22.7 Å². The number of anilines is 2. The SMILES string of the molecule is Cc1cc(C(=O)Nc2nc3c(s2)CN(CC(=O)Nc2nccs2)CC3)no1. The van der Waals surface area contributed by atoms with Crippen molar-refractivity contribution in [2.45, 2.75) is 19.9 Å². The highest BCUT2D eigenvalue weighted by Crippen LogP contribution is 2.28. The molecule has 0 aromatic carbocycles. The number of hydrogen-bond acceptors (Lipinski definition) is 9. The third-order valence-corrected chi connectivity index (χ3v) is 5.62. The smallest absolute Gasteiger partial charge is 0.279 e. The Balaban J connectivity index is 1.36. The molecule has 4 heterocycles. The van der Waals surface area contributed by atoms with E-state index < -0.39 is 0 Å². The Labute approximate surface area is 162 Å². The van der Waals surface area contributed by atoms with Gasteiger partial charge in [-0.1, -0.05) is 5.16 Å². The summed E-state index contributed by atoms with van der Waals surface area (Å²) in [5, 5.41) is 12.2. The van der Waals surface area contributed by atoms with Crippen LogP contribution in [0.3, 0.4) is 0 Å². The molecular formula is C16H16N6O3S2. The van der Waals surface area contributed by atoms with E-state index in [9.17, 15) is 9.59 Å². The van der Waals surface area contributed by atoms with Crippen LogP contribution in [0, 0.1) is 6.92 Å². The number of rotatable bonds is 5. The Bertz CT molecular complexity index is 965. The second kappa shape index (κ2) is 7.55. The van der Waals surface area contributed by atoms with Crippen LogP contribution in [0.25, 0.3) is 0 Å². The second-order valence-electron chi connectivity index (χ2n) is 6.01. The van der Waals surface area contributed by atoms with Crippen molar-refractivity contribution in [2.24, 2.45) is 0 Å². The molecule has 140 valence electrons. The highest BCUT2D eigenvalue weighted by molar-refractivity contribution is 7.16. The van der Waals surface area contributed by atoms with Crippen molar-refractivity contribution < 1.29 is 14.1 Å². The summed E-state index contributed by atoms with van der Waals surface area (Å²) >= 11 is 2.81. The first-order valence-corrected chi connectivity index (χ1v) is 9.91. The van der Waals surface area contributed by atoms with Gasteiger partial charge in [-0.2, -0.15) is 0 Å². The van der Waals surface area contributed by atoms with Gasteiger partial charge in [0, 0.05) is 42.0 Å². The normalized spacial score (nSPS) is 14.0. The molecule has 27 heavy (non-hydrogen) atoms. The van der Waals surface area contributed by atoms with Crippen LogP contribution in [0.2, 0.25) is 0 Å². The van der Waals surface area contributed by atoms with Gasteiger partial charge in [0.2, 0.25) is 5.91 Å². The van der Waals surface area contributed by atoms with Crippen LogP contribution < -0.4 is 10.6 Å². The molecule has 0 saturated heterocycles.